The lowest BCUT2D eigenvalue weighted by molar-refractivity contribution is 0.102. The standard InChI is InChI=1S/C14H12F2N2O4/c1-8-11(15)4-9(5-12(8)16)18-6-10(22-14(18)19)7-20-13-2-3-21-17-13/h2-5,10H,6-7H2,1H3. The number of carbonyl (C=O) groups is 1. The number of benzene rings is 1. The van der Waals surface area contributed by atoms with Crippen molar-refractivity contribution in [1.29, 1.82) is 0 Å². The molecule has 0 N–H and O–H groups in total. The summed E-state index contributed by atoms with van der Waals surface area (Å²) in [7, 11) is 0. The molecule has 116 valence electrons. The number of nitrogens with zero attached hydrogens (tertiary/aromatic N) is 2. The van der Waals surface area contributed by atoms with Crippen LogP contribution in [0.5, 0.6) is 5.88 Å². The number of halogens is 2. The first-order chi connectivity index (χ1) is 10.5. The van der Waals surface area contributed by atoms with E-state index in [9.17, 15) is 13.6 Å². The van der Waals surface area contributed by atoms with E-state index in [4.69, 9.17) is 9.47 Å². The van der Waals surface area contributed by atoms with Gasteiger partial charge in [0.25, 0.3) is 5.88 Å². The van der Waals surface area contributed by atoms with Gasteiger partial charge in [0.15, 0.2) is 6.10 Å². The number of cyclic esters (lactones) is 1. The van der Waals surface area contributed by atoms with Gasteiger partial charge >= 0.3 is 6.09 Å². The molecule has 3 rings (SSSR count). The van der Waals surface area contributed by atoms with Crippen LogP contribution in [-0.4, -0.2) is 30.5 Å². The number of aromatic nitrogens is 1. The van der Waals surface area contributed by atoms with Crippen LogP contribution in [0.15, 0.2) is 29.0 Å². The minimum absolute atomic E-state index is 0.0611. The van der Waals surface area contributed by atoms with Crippen molar-refractivity contribution >= 4 is 11.8 Å². The molecule has 22 heavy (non-hydrogen) atoms. The molecular weight excluding hydrogens is 298 g/mol. The second kappa shape index (κ2) is 5.63. The highest BCUT2D eigenvalue weighted by Crippen LogP contribution is 2.26. The minimum Gasteiger partial charge on any atom is -0.471 e. The maximum Gasteiger partial charge on any atom is 0.414 e. The molecule has 0 bridgehead atoms. The average Bonchev–Trinajstić information content (AvgIpc) is 3.11. The minimum atomic E-state index is -0.718. The Balaban J connectivity index is 1.69. The van der Waals surface area contributed by atoms with Crippen LogP contribution in [0.4, 0.5) is 19.3 Å². The SMILES string of the molecule is Cc1c(F)cc(N2CC(COc3ccon3)OC2=O)cc1F. The van der Waals surface area contributed by atoms with Crippen LogP contribution in [0, 0.1) is 18.6 Å². The molecule has 1 amide bonds. The van der Waals surface area contributed by atoms with Crippen molar-refractivity contribution < 1.29 is 27.6 Å². The molecule has 1 aliphatic rings. The van der Waals surface area contributed by atoms with Crippen molar-refractivity contribution in [3.8, 4) is 5.88 Å². The first kappa shape index (κ1) is 14.3. The zero-order valence-electron chi connectivity index (χ0n) is 11.6. The van der Waals surface area contributed by atoms with Gasteiger partial charge in [-0.1, -0.05) is 0 Å². The van der Waals surface area contributed by atoms with E-state index in [0.717, 1.165) is 17.0 Å². The van der Waals surface area contributed by atoms with E-state index in [-0.39, 0.29) is 30.3 Å². The Morgan fingerprint density at radius 2 is 2.14 bits per heavy atom. The van der Waals surface area contributed by atoms with Gasteiger partial charge in [-0.15, -0.1) is 0 Å². The zero-order chi connectivity index (χ0) is 15.7. The summed E-state index contributed by atoms with van der Waals surface area (Å²) in [5, 5.41) is 3.56. The first-order valence-electron chi connectivity index (χ1n) is 6.51. The molecule has 0 radical (unpaired) electrons. The number of amides is 1. The van der Waals surface area contributed by atoms with Crippen molar-refractivity contribution in [2.45, 2.75) is 13.0 Å². The lowest BCUT2D eigenvalue weighted by Gasteiger charge is -2.14. The predicted octanol–water partition coefficient (Wildman–Crippen LogP) is 2.67. The predicted molar refractivity (Wildman–Crippen MR) is 70.7 cm³/mol. The summed E-state index contributed by atoms with van der Waals surface area (Å²) in [5.41, 5.74) is 0.0109. The largest absolute Gasteiger partial charge is 0.471 e. The van der Waals surface area contributed by atoms with Gasteiger partial charge in [-0.2, -0.15) is 0 Å². The van der Waals surface area contributed by atoms with E-state index >= 15 is 0 Å². The molecule has 1 atom stereocenters. The molecule has 1 saturated heterocycles. The molecule has 8 heteroatoms. The van der Waals surface area contributed by atoms with E-state index < -0.39 is 23.8 Å². The number of hydrogen-bond acceptors (Lipinski definition) is 5. The summed E-state index contributed by atoms with van der Waals surface area (Å²) in [4.78, 5) is 13.0. The van der Waals surface area contributed by atoms with Gasteiger partial charge in [-0.05, 0) is 24.2 Å². The van der Waals surface area contributed by atoms with E-state index in [0.29, 0.717) is 0 Å². The first-order valence-corrected chi connectivity index (χ1v) is 6.51. The average molecular weight is 310 g/mol. The highest BCUT2D eigenvalue weighted by Gasteiger charge is 2.33. The summed E-state index contributed by atoms with van der Waals surface area (Å²) in [6.07, 6.45) is 0.0909. The number of anilines is 1. The van der Waals surface area contributed by atoms with Crippen molar-refractivity contribution in [2.24, 2.45) is 0 Å². The fourth-order valence-electron chi connectivity index (χ4n) is 2.06. The molecule has 1 fully saturated rings. The number of ether oxygens (including phenoxy) is 2. The van der Waals surface area contributed by atoms with E-state index in [1.54, 1.807) is 0 Å². The lowest BCUT2D eigenvalue weighted by Crippen LogP contribution is -2.27. The molecule has 1 aromatic carbocycles. The second-order valence-electron chi connectivity index (χ2n) is 4.80. The third-order valence-corrected chi connectivity index (χ3v) is 3.28. The van der Waals surface area contributed by atoms with Gasteiger partial charge in [0.2, 0.25) is 0 Å². The number of rotatable bonds is 4. The van der Waals surface area contributed by atoms with E-state index in [1.807, 2.05) is 0 Å². The van der Waals surface area contributed by atoms with Crippen molar-refractivity contribution in [3.05, 3.63) is 41.7 Å². The Kier molecular flexibility index (Phi) is 3.66. The Morgan fingerprint density at radius 3 is 2.77 bits per heavy atom. The van der Waals surface area contributed by atoms with E-state index in [2.05, 4.69) is 9.68 Å². The van der Waals surface area contributed by atoms with E-state index in [1.165, 1.54) is 19.3 Å². The number of carbonyl (C=O) groups excluding carboxylic acids is 1. The summed E-state index contributed by atoms with van der Waals surface area (Å²) < 4.78 is 42.1. The molecule has 2 heterocycles. The smallest absolute Gasteiger partial charge is 0.414 e. The Bertz CT molecular complexity index is 667. The number of hydrogen-bond donors (Lipinski definition) is 0. The highest BCUT2D eigenvalue weighted by molar-refractivity contribution is 5.89. The highest BCUT2D eigenvalue weighted by atomic mass is 19.1. The normalized spacial score (nSPS) is 17.7. The molecule has 0 aliphatic carbocycles. The fraction of sp³-hybridized carbons (Fsp3) is 0.286. The third-order valence-electron chi connectivity index (χ3n) is 3.28. The van der Waals surface area contributed by atoms with Crippen LogP contribution < -0.4 is 9.64 Å². The van der Waals surface area contributed by atoms with Crippen LogP contribution in [0.25, 0.3) is 0 Å². The summed E-state index contributed by atoms with van der Waals surface area (Å²) in [6.45, 7) is 1.51. The Morgan fingerprint density at radius 1 is 1.41 bits per heavy atom. The molecule has 0 saturated carbocycles. The third kappa shape index (κ3) is 2.72. The van der Waals surface area contributed by atoms with Crippen LogP contribution in [0.2, 0.25) is 0 Å². The summed E-state index contributed by atoms with van der Waals surface area (Å²) in [6, 6.07) is 3.71. The van der Waals surface area contributed by atoms with Gasteiger partial charge < -0.3 is 14.0 Å². The van der Waals surface area contributed by atoms with Crippen molar-refractivity contribution in [2.75, 3.05) is 18.1 Å². The molecule has 6 nitrogen and oxygen atoms in total. The summed E-state index contributed by atoms with van der Waals surface area (Å²) in [5.74, 6) is -1.17. The van der Waals surface area contributed by atoms with Gasteiger partial charge in [0, 0.05) is 11.6 Å². The second-order valence-corrected chi connectivity index (χ2v) is 4.80. The lowest BCUT2D eigenvalue weighted by atomic mass is 10.2. The molecular formula is C14H12F2N2O4. The monoisotopic (exact) mass is 310 g/mol. The van der Waals surface area contributed by atoms with Crippen LogP contribution >= 0.6 is 0 Å². The van der Waals surface area contributed by atoms with Gasteiger partial charge in [-0.25, -0.2) is 13.6 Å². The van der Waals surface area contributed by atoms with Crippen molar-refractivity contribution in [1.82, 2.24) is 5.16 Å². The van der Waals surface area contributed by atoms with Gasteiger partial charge in [0.05, 0.1) is 12.2 Å². The van der Waals surface area contributed by atoms with Gasteiger partial charge in [-0.3, -0.25) is 4.90 Å². The molecule has 1 aromatic heterocycles. The van der Waals surface area contributed by atoms with Crippen molar-refractivity contribution in [3.63, 3.8) is 0 Å². The van der Waals surface area contributed by atoms with Crippen LogP contribution in [0.3, 0.4) is 0 Å². The van der Waals surface area contributed by atoms with Crippen LogP contribution in [-0.2, 0) is 4.74 Å². The molecule has 1 unspecified atom stereocenters. The molecule has 2 aromatic rings. The fourth-order valence-corrected chi connectivity index (χ4v) is 2.06. The topological polar surface area (TPSA) is 64.8 Å². The van der Waals surface area contributed by atoms with Gasteiger partial charge in [0.1, 0.15) is 24.5 Å². The molecule has 1 aliphatic heterocycles. The Labute approximate surface area is 124 Å². The maximum absolute atomic E-state index is 13.6. The van der Waals surface area contributed by atoms with Crippen LogP contribution in [0.1, 0.15) is 5.56 Å². The summed E-state index contributed by atoms with van der Waals surface area (Å²) >= 11 is 0. The molecule has 0 spiro atoms. The Hall–Kier alpha value is -2.64. The zero-order valence-corrected chi connectivity index (χ0v) is 11.6. The maximum atomic E-state index is 13.6. The quantitative estimate of drug-likeness (QED) is 0.868.